The third-order valence-electron chi connectivity index (χ3n) is 6.09. The van der Waals surface area contributed by atoms with Gasteiger partial charge >= 0.3 is 0 Å². The first-order valence-corrected chi connectivity index (χ1v) is 10.9. The third-order valence-corrected chi connectivity index (χ3v) is 6.09. The molecule has 7 nitrogen and oxygen atoms in total. The minimum absolute atomic E-state index is 0.287. The topological polar surface area (TPSA) is 86.4 Å². The van der Waals surface area contributed by atoms with Gasteiger partial charge in [-0.25, -0.2) is 14.4 Å². The highest BCUT2D eigenvalue weighted by molar-refractivity contribution is 5.95. The summed E-state index contributed by atoms with van der Waals surface area (Å²) in [5, 5.41) is 7.80. The monoisotopic (exact) mass is 427 g/mol. The molecule has 5 aromatic rings. The van der Waals surface area contributed by atoms with Crippen LogP contribution >= 0.6 is 0 Å². The van der Waals surface area contributed by atoms with Crippen molar-refractivity contribution in [3.63, 3.8) is 0 Å². The Labute approximate surface area is 183 Å². The van der Waals surface area contributed by atoms with Gasteiger partial charge in [-0.05, 0) is 67.4 Å². The van der Waals surface area contributed by atoms with Crippen LogP contribution in [0, 0.1) is 5.82 Å². The van der Waals surface area contributed by atoms with Crippen molar-refractivity contribution in [3.05, 3.63) is 60.3 Å². The molecule has 0 radical (unpaired) electrons. The summed E-state index contributed by atoms with van der Waals surface area (Å²) >= 11 is 0. The maximum Gasteiger partial charge on any atom is 0.178 e. The molecule has 160 valence electrons. The molecule has 4 aromatic heterocycles. The predicted octanol–water partition coefficient (Wildman–Crippen LogP) is 4.69. The molecule has 1 aliphatic heterocycles. The predicted molar refractivity (Wildman–Crippen MR) is 121 cm³/mol. The number of hydrogen-bond acceptors (Lipinski definition) is 5. The van der Waals surface area contributed by atoms with Crippen molar-refractivity contribution in [1.82, 2.24) is 35.0 Å². The lowest BCUT2D eigenvalue weighted by Gasteiger charge is -2.26. The van der Waals surface area contributed by atoms with Gasteiger partial charge in [0.05, 0.1) is 5.52 Å². The minimum Gasteiger partial charge on any atom is -0.335 e. The molecule has 32 heavy (non-hydrogen) atoms. The van der Waals surface area contributed by atoms with E-state index in [-0.39, 0.29) is 11.3 Å². The molecule has 1 aliphatic rings. The Hall–Kier alpha value is -3.65. The molecule has 0 aliphatic carbocycles. The summed E-state index contributed by atoms with van der Waals surface area (Å²) in [6.07, 6.45) is 9.18. The van der Waals surface area contributed by atoms with Gasteiger partial charge in [0.1, 0.15) is 11.2 Å². The smallest absolute Gasteiger partial charge is 0.178 e. The van der Waals surface area contributed by atoms with Crippen LogP contribution in [0.15, 0.2) is 48.9 Å². The fraction of sp³-hybridized carbons (Fsp3) is 0.250. The Kier molecular flexibility index (Phi) is 4.65. The number of likely N-dealkylation sites (tertiary alicyclic amines) is 1. The zero-order valence-corrected chi connectivity index (χ0v) is 17.5. The summed E-state index contributed by atoms with van der Waals surface area (Å²) in [6, 6.07) is 9.32. The number of aromatic nitrogens is 6. The van der Waals surface area contributed by atoms with Crippen LogP contribution in [0.5, 0.6) is 0 Å². The van der Waals surface area contributed by atoms with E-state index in [1.54, 1.807) is 12.4 Å². The fourth-order valence-electron chi connectivity index (χ4n) is 4.49. The molecular formula is C24H22FN7. The summed E-state index contributed by atoms with van der Waals surface area (Å²) < 4.78 is 15.0. The lowest BCUT2D eigenvalue weighted by atomic mass is 10.0. The second-order valence-corrected chi connectivity index (χ2v) is 8.33. The van der Waals surface area contributed by atoms with Crippen LogP contribution in [-0.4, -0.2) is 48.1 Å². The second kappa shape index (κ2) is 7.80. The molecule has 1 saturated heterocycles. The second-order valence-electron chi connectivity index (χ2n) is 8.33. The average molecular weight is 427 g/mol. The molecular weight excluding hydrogens is 405 g/mol. The van der Waals surface area contributed by atoms with Gasteiger partial charge in [-0.1, -0.05) is 6.42 Å². The average Bonchev–Trinajstić information content (AvgIpc) is 3.44. The van der Waals surface area contributed by atoms with Crippen LogP contribution in [0.4, 0.5) is 4.39 Å². The van der Waals surface area contributed by atoms with E-state index >= 15 is 0 Å². The van der Waals surface area contributed by atoms with Crippen molar-refractivity contribution in [2.75, 3.05) is 13.1 Å². The Bertz CT molecular complexity index is 1380. The van der Waals surface area contributed by atoms with E-state index in [2.05, 4.69) is 41.1 Å². The zero-order chi connectivity index (χ0) is 21.5. The Morgan fingerprint density at radius 1 is 1.03 bits per heavy atom. The zero-order valence-electron chi connectivity index (χ0n) is 17.5. The number of imidazole rings is 1. The first-order chi connectivity index (χ1) is 15.7. The summed E-state index contributed by atoms with van der Waals surface area (Å²) in [7, 11) is 0. The summed E-state index contributed by atoms with van der Waals surface area (Å²) in [5.41, 5.74) is 5.14. The molecule has 8 heteroatoms. The van der Waals surface area contributed by atoms with Gasteiger partial charge in [0.2, 0.25) is 0 Å². The van der Waals surface area contributed by atoms with E-state index in [0.717, 1.165) is 41.8 Å². The number of benzene rings is 1. The minimum atomic E-state index is -0.379. The standard InChI is InChI=1S/C24H22FN7/c25-19-11-16(17-9-15(12-26-13-17)14-32-7-2-1-3-8-32)10-18-21(19)30-31-22(18)24-28-20-5-4-6-27-23(20)29-24/h4-6,9-13H,1-3,7-8,14H2,(H,30,31)(H,27,28,29). The van der Waals surface area contributed by atoms with Gasteiger partial charge in [0.25, 0.3) is 0 Å². The lowest BCUT2D eigenvalue weighted by Crippen LogP contribution is -2.29. The van der Waals surface area contributed by atoms with Gasteiger partial charge in [-0.15, -0.1) is 0 Å². The number of piperidine rings is 1. The van der Waals surface area contributed by atoms with Gasteiger partial charge in [0.15, 0.2) is 17.3 Å². The van der Waals surface area contributed by atoms with Crippen LogP contribution in [0.3, 0.4) is 0 Å². The van der Waals surface area contributed by atoms with Gasteiger partial charge in [-0.2, -0.15) is 5.10 Å². The first-order valence-electron chi connectivity index (χ1n) is 10.9. The molecule has 1 aromatic carbocycles. The van der Waals surface area contributed by atoms with E-state index in [9.17, 15) is 4.39 Å². The van der Waals surface area contributed by atoms with E-state index < -0.39 is 0 Å². The van der Waals surface area contributed by atoms with Crippen LogP contribution < -0.4 is 0 Å². The van der Waals surface area contributed by atoms with Crippen molar-refractivity contribution in [2.45, 2.75) is 25.8 Å². The largest absolute Gasteiger partial charge is 0.335 e. The van der Waals surface area contributed by atoms with Crippen LogP contribution in [0.1, 0.15) is 24.8 Å². The molecule has 0 bridgehead atoms. The maximum absolute atomic E-state index is 15.0. The number of H-pyrrole nitrogens is 2. The van der Waals surface area contributed by atoms with Crippen molar-refractivity contribution in [1.29, 1.82) is 0 Å². The number of pyridine rings is 2. The van der Waals surface area contributed by atoms with E-state index in [1.807, 2.05) is 24.4 Å². The number of aromatic amines is 2. The molecule has 0 spiro atoms. The number of halogens is 1. The molecule has 0 atom stereocenters. The van der Waals surface area contributed by atoms with Crippen LogP contribution in [-0.2, 0) is 6.54 Å². The SMILES string of the molecule is Fc1cc(-c2cncc(CN3CCCCC3)c2)cc2c(-c3nc4ncccc4[nH]3)[nH]nc12. The Morgan fingerprint density at radius 3 is 2.81 bits per heavy atom. The van der Waals surface area contributed by atoms with Crippen molar-refractivity contribution >= 4 is 22.1 Å². The number of hydrogen-bond donors (Lipinski definition) is 2. The molecule has 6 rings (SSSR count). The number of fused-ring (bicyclic) bond motifs is 2. The number of rotatable bonds is 4. The number of nitrogens with one attached hydrogen (secondary N) is 2. The van der Waals surface area contributed by atoms with Crippen LogP contribution in [0.25, 0.3) is 44.7 Å². The molecule has 5 heterocycles. The molecule has 0 saturated carbocycles. The van der Waals surface area contributed by atoms with E-state index in [1.165, 1.54) is 25.3 Å². The number of nitrogens with zero attached hydrogens (tertiary/aromatic N) is 5. The maximum atomic E-state index is 15.0. The van der Waals surface area contributed by atoms with Gasteiger partial charge in [-0.3, -0.25) is 15.0 Å². The highest BCUT2D eigenvalue weighted by Crippen LogP contribution is 2.32. The summed E-state index contributed by atoms with van der Waals surface area (Å²) in [6.45, 7) is 3.11. The third kappa shape index (κ3) is 3.42. The first kappa shape index (κ1) is 19.1. The molecule has 0 amide bonds. The molecule has 2 N–H and O–H groups in total. The quantitative estimate of drug-likeness (QED) is 0.435. The summed E-state index contributed by atoms with van der Waals surface area (Å²) in [5.74, 6) is 0.199. The van der Waals surface area contributed by atoms with Gasteiger partial charge in [0, 0.05) is 36.1 Å². The van der Waals surface area contributed by atoms with Crippen molar-refractivity contribution < 1.29 is 4.39 Å². The Balaban J connectivity index is 1.40. The highest BCUT2D eigenvalue weighted by Gasteiger charge is 2.17. The van der Waals surface area contributed by atoms with Gasteiger partial charge < -0.3 is 4.98 Å². The van der Waals surface area contributed by atoms with Crippen molar-refractivity contribution in [3.8, 4) is 22.6 Å². The van der Waals surface area contributed by atoms with Crippen molar-refractivity contribution in [2.24, 2.45) is 0 Å². The fourth-order valence-corrected chi connectivity index (χ4v) is 4.49. The molecule has 0 unspecified atom stereocenters. The molecule has 1 fully saturated rings. The normalized spacial score (nSPS) is 15.0. The Morgan fingerprint density at radius 2 is 1.94 bits per heavy atom. The van der Waals surface area contributed by atoms with E-state index in [0.29, 0.717) is 22.6 Å². The van der Waals surface area contributed by atoms with E-state index in [4.69, 9.17) is 0 Å². The summed E-state index contributed by atoms with van der Waals surface area (Å²) in [4.78, 5) is 18.9. The lowest BCUT2D eigenvalue weighted by molar-refractivity contribution is 0.220. The highest BCUT2D eigenvalue weighted by atomic mass is 19.1. The van der Waals surface area contributed by atoms with Crippen LogP contribution in [0.2, 0.25) is 0 Å².